The molecule has 16 heavy (non-hydrogen) atoms. The number of benzene rings is 1. The molecular weight excluding hydrogens is 202 g/mol. The number of carbonyl (C=O) groups is 1. The molecule has 0 aliphatic rings. The van der Waals surface area contributed by atoms with Crippen LogP contribution in [0.3, 0.4) is 0 Å². The van der Waals surface area contributed by atoms with Crippen molar-refractivity contribution in [2.45, 2.75) is 26.7 Å². The quantitative estimate of drug-likeness (QED) is 0.815. The summed E-state index contributed by atoms with van der Waals surface area (Å²) in [5.74, 6) is 0.335. The molecule has 0 atom stereocenters. The first-order valence-electron chi connectivity index (χ1n) is 5.56. The summed E-state index contributed by atoms with van der Waals surface area (Å²) in [7, 11) is 0. The Morgan fingerprint density at radius 2 is 2.12 bits per heavy atom. The Hall–Kier alpha value is -1.35. The fourth-order valence-electron chi connectivity index (χ4n) is 1.74. The van der Waals surface area contributed by atoms with E-state index in [1.54, 1.807) is 0 Å². The summed E-state index contributed by atoms with van der Waals surface area (Å²) in [5, 5.41) is 11.3. The average Bonchev–Trinajstić information content (AvgIpc) is 2.25. The molecule has 0 saturated carbocycles. The lowest BCUT2D eigenvalue weighted by Gasteiger charge is -2.11. The molecule has 2 N–H and O–H groups in total. The normalized spacial score (nSPS) is 10.6. The van der Waals surface area contributed by atoms with Gasteiger partial charge in [-0.25, -0.2) is 0 Å². The lowest BCUT2D eigenvalue weighted by Crippen LogP contribution is -2.26. The van der Waals surface area contributed by atoms with Crippen molar-refractivity contribution in [2.24, 2.45) is 0 Å². The molecule has 0 fully saturated rings. The van der Waals surface area contributed by atoms with E-state index in [0.29, 0.717) is 18.0 Å². The summed E-state index contributed by atoms with van der Waals surface area (Å²) in [4.78, 5) is 11.6. The van der Waals surface area contributed by atoms with Crippen molar-refractivity contribution in [1.29, 1.82) is 0 Å². The van der Waals surface area contributed by atoms with Crippen molar-refractivity contribution >= 4 is 5.91 Å². The highest BCUT2D eigenvalue weighted by molar-refractivity contribution is 5.94. The molecule has 0 radical (unpaired) electrons. The van der Waals surface area contributed by atoms with Gasteiger partial charge in [0.15, 0.2) is 0 Å². The first kappa shape index (κ1) is 12.7. The summed E-state index contributed by atoms with van der Waals surface area (Å²) in [6.07, 6.45) is 0. The number of rotatable bonds is 4. The van der Waals surface area contributed by atoms with E-state index in [2.05, 4.69) is 19.2 Å². The molecular formula is C13H19NO2. The van der Waals surface area contributed by atoms with E-state index >= 15 is 0 Å². The van der Waals surface area contributed by atoms with E-state index in [0.717, 1.165) is 5.56 Å². The van der Waals surface area contributed by atoms with Crippen molar-refractivity contribution < 1.29 is 9.90 Å². The lowest BCUT2D eigenvalue weighted by atomic mass is 9.96. The van der Waals surface area contributed by atoms with Crippen LogP contribution in [0.4, 0.5) is 0 Å². The maximum absolute atomic E-state index is 11.6. The summed E-state index contributed by atoms with van der Waals surface area (Å²) in [6, 6.07) is 5.71. The van der Waals surface area contributed by atoms with Crippen LogP contribution in [-0.2, 0) is 0 Å². The minimum Gasteiger partial charge on any atom is -0.395 e. The van der Waals surface area contributed by atoms with Gasteiger partial charge in [-0.15, -0.1) is 0 Å². The summed E-state index contributed by atoms with van der Waals surface area (Å²) in [5.41, 5.74) is 3.04. The molecule has 0 aliphatic heterocycles. The standard InChI is InChI=1S/C13H19NO2/c1-9(2)12-5-4-11(8-10(12)3)13(16)14-6-7-15/h4-5,8-9,15H,6-7H2,1-3H3,(H,14,16). The summed E-state index contributed by atoms with van der Waals surface area (Å²) < 4.78 is 0. The molecule has 88 valence electrons. The van der Waals surface area contributed by atoms with Crippen LogP contribution in [0.15, 0.2) is 18.2 Å². The zero-order valence-corrected chi connectivity index (χ0v) is 10.1. The van der Waals surface area contributed by atoms with E-state index < -0.39 is 0 Å². The molecule has 0 aromatic heterocycles. The van der Waals surface area contributed by atoms with Gasteiger partial charge in [-0.2, -0.15) is 0 Å². The first-order valence-corrected chi connectivity index (χ1v) is 5.56. The highest BCUT2D eigenvalue weighted by atomic mass is 16.3. The molecule has 1 amide bonds. The maximum Gasteiger partial charge on any atom is 0.251 e. The van der Waals surface area contributed by atoms with E-state index in [-0.39, 0.29) is 12.5 Å². The van der Waals surface area contributed by atoms with Crippen molar-refractivity contribution in [3.8, 4) is 0 Å². The molecule has 0 spiro atoms. The van der Waals surface area contributed by atoms with Gasteiger partial charge in [0, 0.05) is 12.1 Å². The number of aliphatic hydroxyl groups is 1. The van der Waals surface area contributed by atoms with E-state index in [4.69, 9.17) is 5.11 Å². The van der Waals surface area contributed by atoms with Crippen molar-refractivity contribution in [1.82, 2.24) is 5.32 Å². The number of hydrogen-bond acceptors (Lipinski definition) is 2. The topological polar surface area (TPSA) is 49.3 Å². The highest BCUT2D eigenvalue weighted by Crippen LogP contribution is 2.19. The van der Waals surface area contributed by atoms with E-state index in [9.17, 15) is 4.79 Å². The zero-order valence-electron chi connectivity index (χ0n) is 10.1. The van der Waals surface area contributed by atoms with Gasteiger partial charge in [0.25, 0.3) is 5.91 Å². The molecule has 1 aromatic rings. The van der Waals surface area contributed by atoms with E-state index in [1.807, 2.05) is 25.1 Å². The van der Waals surface area contributed by atoms with Crippen molar-refractivity contribution in [2.75, 3.05) is 13.2 Å². The van der Waals surface area contributed by atoms with E-state index in [1.165, 1.54) is 5.56 Å². The Labute approximate surface area is 96.5 Å². The van der Waals surface area contributed by atoms with Gasteiger partial charge in [-0.1, -0.05) is 19.9 Å². The second-order valence-corrected chi connectivity index (χ2v) is 4.21. The maximum atomic E-state index is 11.6. The second kappa shape index (κ2) is 5.66. The molecule has 0 aliphatic carbocycles. The summed E-state index contributed by atoms with van der Waals surface area (Å²) >= 11 is 0. The Balaban J connectivity index is 2.84. The molecule has 0 unspecified atom stereocenters. The van der Waals surface area contributed by atoms with Crippen LogP contribution in [0.2, 0.25) is 0 Å². The molecule has 3 heteroatoms. The third kappa shape index (κ3) is 3.07. The Morgan fingerprint density at radius 1 is 1.44 bits per heavy atom. The SMILES string of the molecule is Cc1cc(C(=O)NCCO)ccc1C(C)C. The van der Waals surface area contributed by atoms with Gasteiger partial charge in [0.1, 0.15) is 0 Å². The third-order valence-corrected chi connectivity index (χ3v) is 2.55. The van der Waals surface area contributed by atoms with Gasteiger partial charge in [0.05, 0.1) is 6.61 Å². The minimum atomic E-state index is -0.132. The molecule has 1 rings (SSSR count). The van der Waals surface area contributed by atoms with Crippen LogP contribution in [0.25, 0.3) is 0 Å². The number of nitrogens with one attached hydrogen (secondary N) is 1. The number of aliphatic hydroxyl groups excluding tert-OH is 1. The van der Waals surface area contributed by atoms with Crippen molar-refractivity contribution in [3.63, 3.8) is 0 Å². The molecule has 0 heterocycles. The molecule has 3 nitrogen and oxygen atoms in total. The number of hydrogen-bond donors (Lipinski definition) is 2. The fourth-order valence-corrected chi connectivity index (χ4v) is 1.74. The van der Waals surface area contributed by atoms with Gasteiger partial charge < -0.3 is 10.4 Å². The average molecular weight is 221 g/mol. The predicted molar refractivity (Wildman–Crippen MR) is 64.7 cm³/mol. The van der Waals surface area contributed by atoms with Gasteiger partial charge in [-0.3, -0.25) is 4.79 Å². The van der Waals surface area contributed by atoms with Gasteiger partial charge in [-0.05, 0) is 36.1 Å². The van der Waals surface area contributed by atoms with Crippen LogP contribution in [0.5, 0.6) is 0 Å². The minimum absolute atomic E-state index is 0.0329. The first-order chi connectivity index (χ1) is 7.56. The Bertz CT molecular complexity index is 372. The second-order valence-electron chi connectivity index (χ2n) is 4.21. The van der Waals surface area contributed by atoms with Gasteiger partial charge >= 0.3 is 0 Å². The molecule has 0 saturated heterocycles. The monoisotopic (exact) mass is 221 g/mol. The van der Waals surface area contributed by atoms with Crippen LogP contribution < -0.4 is 5.32 Å². The van der Waals surface area contributed by atoms with Crippen LogP contribution in [-0.4, -0.2) is 24.2 Å². The van der Waals surface area contributed by atoms with Crippen LogP contribution in [0.1, 0.15) is 41.3 Å². The predicted octanol–water partition coefficient (Wildman–Crippen LogP) is 1.84. The molecule has 1 aromatic carbocycles. The van der Waals surface area contributed by atoms with Crippen LogP contribution in [0, 0.1) is 6.92 Å². The fraction of sp³-hybridized carbons (Fsp3) is 0.462. The van der Waals surface area contributed by atoms with Crippen LogP contribution >= 0.6 is 0 Å². The number of amides is 1. The summed E-state index contributed by atoms with van der Waals surface area (Å²) in [6.45, 7) is 6.54. The Kier molecular flexibility index (Phi) is 4.50. The van der Waals surface area contributed by atoms with Crippen molar-refractivity contribution in [3.05, 3.63) is 34.9 Å². The Morgan fingerprint density at radius 3 is 2.62 bits per heavy atom. The third-order valence-electron chi connectivity index (χ3n) is 2.55. The zero-order chi connectivity index (χ0) is 12.1. The highest BCUT2D eigenvalue weighted by Gasteiger charge is 2.08. The largest absolute Gasteiger partial charge is 0.395 e. The van der Waals surface area contributed by atoms with Gasteiger partial charge in [0.2, 0.25) is 0 Å². The number of carbonyl (C=O) groups excluding carboxylic acids is 1. The smallest absolute Gasteiger partial charge is 0.251 e. The molecule has 0 bridgehead atoms. The number of aryl methyl sites for hydroxylation is 1. The lowest BCUT2D eigenvalue weighted by molar-refractivity contribution is 0.0944.